The van der Waals surface area contributed by atoms with Gasteiger partial charge in [0.2, 0.25) is 12.7 Å². The Bertz CT molecular complexity index is 737. The van der Waals surface area contributed by atoms with Crippen molar-refractivity contribution < 1.29 is 28.6 Å². The van der Waals surface area contributed by atoms with E-state index in [-0.39, 0.29) is 19.8 Å². The van der Waals surface area contributed by atoms with E-state index in [1.807, 2.05) is 6.07 Å². The average molecular weight is 363 g/mol. The third-order valence-electron chi connectivity index (χ3n) is 4.27. The number of hydrogen-bond acceptors (Lipinski definition) is 6. The largest absolute Gasteiger partial charge is 0.454 e. The van der Waals surface area contributed by atoms with E-state index in [2.05, 4.69) is 10.6 Å². The summed E-state index contributed by atoms with van der Waals surface area (Å²) in [5.74, 6) is 0.396. The molecule has 4 amide bonds. The minimum absolute atomic E-state index is 0.164. The Morgan fingerprint density at radius 1 is 1.35 bits per heavy atom. The quantitative estimate of drug-likeness (QED) is 0.523. The van der Waals surface area contributed by atoms with Crippen LogP contribution in [0.2, 0.25) is 0 Å². The number of hydrogen-bond donors (Lipinski definition) is 2. The maximum Gasteiger partial charge on any atom is 0.325 e. The number of carbonyl (C=O) groups excluding carboxylic acids is 3. The van der Waals surface area contributed by atoms with Gasteiger partial charge in [-0.15, -0.1) is 0 Å². The van der Waals surface area contributed by atoms with Crippen LogP contribution in [0, 0.1) is 0 Å². The summed E-state index contributed by atoms with van der Waals surface area (Å²) in [5, 5.41) is 5.27. The molecule has 0 unspecified atom stereocenters. The fourth-order valence-corrected chi connectivity index (χ4v) is 2.96. The van der Waals surface area contributed by atoms with Gasteiger partial charge in [0.05, 0.1) is 6.61 Å². The van der Waals surface area contributed by atoms with Gasteiger partial charge in [0, 0.05) is 20.1 Å². The maximum atomic E-state index is 12.7. The van der Waals surface area contributed by atoms with Crippen molar-refractivity contribution in [3.05, 3.63) is 23.8 Å². The van der Waals surface area contributed by atoms with Gasteiger partial charge in [0.15, 0.2) is 11.5 Å². The van der Waals surface area contributed by atoms with Crippen molar-refractivity contribution >= 4 is 17.8 Å². The van der Waals surface area contributed by atoms with Gasteiger partial charge in [-0.2, -0.15) is 0 Å². The summed E-state index contributed by atoms with van der Waals surface area (Å²) in [4.78, 5) is 37.7. The summed E-state index contributed by atoms with van der Waals surface area (Å²) >= 11 is 0. The summed E-state index contributed by atoms with van der Waals surface area (Å²) < 4.78 is 15.4. The van der Waals surface area contributed by atoms with E-state index >= 15 is 0 Å². The summed E-state index contributed by atoms with van der Waals surface area (Å²) in [6.45, 7) is 2.14. The zero-order chi connectivity index (χ0) is 18.7. The molecule has 2 heterocycles. The van der Waals surface area contributed by atoms with E-state index in [4.69, 9.17) is 14.2 Å². The van der Waals surface area contributed by atoms with Crippen LogP contribution in [0.1, 0.15) is 12.5 Å². The lowest BCUT2D eigenvalue weighted by molar-refractivity contribution is -0.134. The molecule has 26 heavy (non-hydrogen) atoms. The molecule has 1 aromatic rings. The molecule has 1 fully saturated rings. The smallest absolute Gasteiger partial charge is 0.325 e. The van der Waals surface area contributed by atoms with Crippen LogP contribution in [0.4, 0.5) is 4.79 Å². The van der Waals surface area contributed by atoms with Crippen LogP contribution >= 0.6 is 0 Å². The first-order valence-electron chi connectivity index (χ1n) is 8.21. The molecular formula is C17H21N3O6. The van der Waals surface area contributed by atoms with Gasteiger partial charge in [0.1, 0.15) is 12.1 Å². The highest BCUT2D eigenvalue weighted by Crippen LogP contribution is 2.34. The summed E-state index contributed by atoms with van der Waals surface area (Å²) in [5.41, 5.74) is -0.311. The molecule has 140 valence electrons. The van der Waals surface area contributed by atoms with E-state index in [0.717, 1.165) is 10.5 Å². The van der Waals surface area contributed by atoms with Crippen molar-refractivity contribution in [3.63, 3.8) is 0 Å². The van der Waals surface area contributed by atoms with Gasteiger partial charge >= 0.3 is 6.03 Å². The van der Waals surface area contributed by atoms with Crippen LogP contribution in [-0.2, 0) is 20.7 Å². The number of fused-ring (bicyclic) bond motifs is 1. The van der Waals surface area contributed by atoms with E-state index < -0.39 is 23.4 Å². The van der Waals surface area contributed by atoms with Crippen LogP contribution in [0.25, 0.3) is 0 Å². The van der Waals surface area contributed by atoms with Gasteiger partial charge in [-0.1, -0.05) is 6.07 Å². The lowest BCUT2D eigenvalue weighted by atomic mass is 9.92. The van der Waals surface area contributed by atoms with E-state index in [9.17, 15) is 14.4 Å². The molecule has 2 N–H and O–H groups in total. The maximum absolute atomic E-state index is 12.7. The highest BCUT2D eigenvalue weighted by molar-refractivity contribution is 6.08. The number of carbonyl (C=O) groups is 3. The third-order valence-corrected chi connectivity index (χ3v) is 4.27. The molecule has 9 nitrogen and oxygen atoms in total. The Hall–Kier alpha value is -2.81. The van der Waals surface area contributed by atoms with Gasteiger partial charge in [-0.05, 0) is 24.6 Å². The Morgan fingerprint density at radius 3 is 2.88 bits per heavy atom. The molecule has 3 rings (SSSR count). The second kappa shape index (κ2) is 7.20. The monoisotopic (exact) mass is 363 g/mol. The molecule has 0 aromatic heterocycles. The zero-order valence-electron chi connectivity index (χ0n) is 14.7. The van der Waals surface area contributed by atoms with E-state index in [1.54, 1.807) is 19.1 Å². The molecular weight excluding hydrogens is 342 g/mol. The Kier molecular flexibility index (Phi) is 4.99. The highest BCUT2D eigenvalue weighted by Gasteiger charge is 2.48. The molecule has 1 atom stereocenters. The summed E-state index contributed by atoms with van der Waals surface area (Å²) in [7, 11) is 1.52. The fourth-order valence-electron chi connectivity index (χ4n) is 2.96. The average Bonchev–Trinajstić information content (AvgIpc) is 3.13. The minimum atomic E-state index is -1.13. The van der Waals surface area contributed by atoms with Crippen molar-refractivity contribution in [1.82, 2.24) is 15.5 Å². The predicted molar refractivity (Wildman–Crippen MR) is 89.8 cm³/mol. The van der Waals surface area contributed by atoms with Crippen LogP contribution < -0.4 is 20.1 Å². The molecule has 0 radical (unpaired) electrons. The normalized spacial score (nSPS) is 21.1. The van der Waals surface area contributed by atoms with Crippen LogP contribution in [-0.4, -0.2) is 61.9 Å². The Morgan fingerprint density at radius 2 is 2.12 bits per heavy atom. The molecule has 0 bridgehead atoms. The van der Waals surface area contributed by atoms with Crippen molar-refractivity contribution in [3.8, 4) is 11.5 Å². The van der Waals surface area contributed by atoms with Crippen LogP contribution in [0.3, 0.4) is 0 Å². The van der Waals surface area contributed by atoms with Gasteiger partial charge in [-0.25, -0.2) is 4.79 Å². The van der Waals surface area contributed by atoms with Crippen LogP contribution in [0.15, 0.2) is 18.2 Å². The van der Waals surface area contributed by atoms with Crippen LogP contribution in [0.5, 0.6) is 11.5 Å². The van der Waals surface area contributed by atoms with E-state index in [1.165, 1.54) is 7.11 Å². The molecule has 0 aliphatic carbocycles. The number of rotatable bonds is 7. The molecule has 0 spiro atoms. The van der Waals surface area contributed by atoms with Crippen molar-refractivity contribution in [2.45, 2.75) is 18.9 Å². The van der Waals surface area contributed by atoms with Gasteiger partial charge in [0.25, 0.3) is 5.91 Å². The third kappa shape index (κ3) is 3.57. The molecule has 9 heteroatoms. The summed E-state index contributed by atoms with van der Waals surface area (Å²) in [6.07, 6.45) is 0.274. The molecule has 1 aromatic carbocycles. The minimum Gasteiger partial charge on any atom is -0.454 e. The van der Waals surface area contributed by atoms with Crippen molar-refractivity contribution in [1.29, 1.82) is 0 Å². The van der Waals surface area contributed by atoms with Gasteiger partial charge in [-0.3, -0.25) is 14.5 Å². The first-order chi connectivity index (χ1) is 12.4. The second-order valence-electron chi connectivity index (χ2n) is 6.36. The summed E-state index contributed by atoms with van der Waals surface area (Å²) in [6, 6.07) is 4.79. The number of ether oxygens (including phenoxy) is 3. The number of nitrogens with one attached hydrogen (secondary N) is 2. The Balaban J connectivity index is 1.66. The fraction of sp³-hybridized carbons (Fsp3) is 0.471. The number of amides is 4. The first-order valence-corrected chi connectivity index (χ1v) is 8.21. The lowest BCUT2D eigenvalue weighted by Crippen LogP contribution is -2.47. The standard InChI is InChI=1S/C17H21N3O6/c1-17(8-11-3-4-12-13(7-11)26-10-25-12)15(22)20(16(23)19-17)9-14(21)18-5-6-24-2/h3-4,7H,5-6,8-10H2,1-2H3,(H,18,21)(H,19,23)/t17-/m0/s1. The van der Waals surface area contributed by atoms with Crippen molar-refractivity contribution in [2.24, 2.45) is 0 Å². The van der Waals surface area contributed by atoms with Crippen molar-refractivity contribution in [2.75, 3.05) is 33.6 Å². The predicted octanol–water partition coefficient (Wildman–Crippen LogP) is 0.0309. The number of urea groups is 1. The second-order valence-corrected chi connectivity index (χ2v) is 6.36. The molecule has 1 saturated heterocycles. The number of benzene rings is 1. The SMILES string of the molecule is COCCNC(=O)CN1C(=O)N[C@@](C)(Cc2ccc3c(c2)OCO3)C1=O. The first kappa shape index (κ1) is 18.0. The molecule has 2 aliphatic heterocycles. The Labute approximate surface area is 150 Å². The molecule has 0 saturated carbocycles. The zero-order valence-corrected chi connectivity index (χ0v) is 14.7. The lowest BCUT2D eigenvalue weighted by Gasteiger charge is -2.21. The van der Waals surface area contributed by atoms with E-state index in [0.29, 0.717) is 24.7 Å². The number of nitrogens with zero attached hydrogens (tertiary/aromatic N) is 1. The number of methoxy groups -OCH3 is 1. The number of imide groups is 1. The highest BCUT2D eigenvalue weighted by atomic mass is 16.7. The van der Waals surface area contributed by atoms with Gasteiger partial charge < -0.3 is 24.8 Å². The topological polar surface area (TPSA) is 106 Å². The molecule has 2 aliphatic rings.